The molecule has 2 N–H and O–H groups in total. The maximum Gasteiger partial charge on any atom is 0.264 e. The van der Waals surface area contributed by atoms with Gasteiger partial charge in [0.05, 0.1) is 16.8 Å². The average molecular weight is 588 g/mol. The van der Waals surface area contributed by atoms with E-state index in [2.05, 4.69) is 15.5 Å². The van der Waals surface area contributed by atoms with Crippen molar-refractivity contribution < 1.29 is 28.0 Å². The maximum atomic E-state index is 15.1. The predicted molar refractivity (Wildman–Crippen MR) is 155 cm³/mol. The van der Waals surface area contributed by atoms with Crippen molar-refractivity contribution in [2.75, 3.05) is 36.4 Å². The van der Waals surface area contributed by atoms with Gasteiger partial charge in [0.2, 0.25) is 11.8 Å². The van der Waals surface area contributed by atoms with E-state index in [0.29, 0.717) is 55.2 Å². The number of hydrogen-bond donors (Lipinski definition) is 2. The van der Waals surface area contributed by atoms with Crippen LogP contribution in [0.3, 0.4) is 0 Å². The molecule has 0 aromatic heterocycles. The van der Waals surface area contributed by atoms with Crippen molar-refractivity contribution in [3.63, 3.8) is 0 Å². The second kappa shape index (κ2) is 11.6. The van der Waals surface area contributed by atoms with E-state index in [1.165, 1.54) is 18.2 Å². The van der Waals surface area contributed by atoms with Gasteiger partial charge in [-0.15, -0.1) is 0 Å². The van der Waals surface area contributed by atoms with Crippen molar-refractivity contribution >= 4 is 35.0 Å². The van der Waals surface area contributed by atoms with Crippen LogP contribution in [0.4, 0.5) is 20.2 Å². The number of piperazine rings is 1. The van der Waals surface area contributed by atoms with E-state index in [4.69, 9.17) is 0 Å². The van der Waals surface area contributed by atoms with Crippen LogP contribution < -0.4 is 15.5 Å². The SMILES string of the molecule is Cc1ccc(N2CCN(Cc3ccc(CNc4cccc5c4C(=O)N(C4CCC(=O)NC4=O)C5=O)cc3F)CC2)c(F)c1. The number of carbonyl (C=O) groups is 4. The van der Waals surface area contributed by atoms with E-state index in [0.717, 1.165) is 10.5 Å². The molecule has 3 aliphatic heterocycles. The number of piperidine rings is 1. The third-order valence-corrected chi connectivity index (χ3v) is 8.28. The van der Waals surface area contributed by atoms with Gasteiger partial charge in [-0.1, -0.05) is 24.3 Å². The normalized spacial score (nSPS) is 19.1. The number of rotatable bonds is 7. The molecular weight excluding hydrogens is 556 g/mol. The zero-order chi connectivity index (χ0) is 30.2. The van der Waals surface area contributed by atoms with Crippen molar-refractivity contribution in [3.05, 3.63) is 94.0 Å². The number of nitrogens with one attached hydrogen (secondary N) is 2. The van der Waals surface area contributed by atoms with Gasteiger partial charge in [-0.3, -0.25) is 34.3 Å². The average Bonchev–Trinajstić information content (AvgIpc) is 3.23. The summed E-state index contributed by atoms with van der Waals surface area (Å²) in [6.07, 6.45) is 0.117. The molecule has 0 radical (unpaired) electrons. The van der Waals surface area contributed by atoms with Gasteiger partial charge >= 0.3 is 0 Å². The molecule has 1 atom stereocenters. The molecule has 3 aromatic rings. The summed E-state index contributed by atoms with van der Waals surface area (Å²) in [5, 5.41) is 5.33. The Morgan fingerprint density at radius 2 is 1.70 bits per heavy atom. The Balaban J connectivity index is 1.08. The van der Waals surface area contributed by atoms with Crippen molar-refractivity contribution in [2.45, 2.75) is 38.9 Å². The van der Waals surface area contributed by atoms with Gasteiger partial charge in [-0.05, 0) is 54.8 Å². The van der Waals surface area contributed by atoms with Crippen LogP contribution in [0.25, 0.3) is 0 Å². The number of imide groups is 2. The first-order chi connectivity index (χ1) is 20.7. The molecule has 43 heavy (non-hydrogen) atoms. The first-order valence-electron chi connectivity index (χ1n) is 14.3. The Bertz CT molecular complexity index is 1640. The largest absolute Gasteiger partial charge is 0.380 e. The number of carbonyl (C=O) groups excluding carboxylic acids is 4. The second-order valence-corrected chi connectivity index (χ2v) is 11.2. The van der Waals surface area contributed by atoms with Gasteiger partial charge in [-0.25, -0.2) is 8.78 Å². The molecule has 0 aliphatic carbocycles. The first-order valence-corrected chi connectivity index (χ1v) is 14.3. The highest BCUT2D eigenvalue weighted by molar-refractivity contribution is 6.25. The molecule has 3 heterocycles. The molecule has 2 saturated heterocycles. The minimum absolute atomic E-state index is 0.0418. The molecule has 2 fully saturated rings. The van der Waals surface area contributed by atoms with Crippen molar-refractivity contribution in [2.24, 2.45) is 0 Å². The highest BCUT2D eigenvalue weighted by Gasteiger charge is 2.45. The minimum atomic E-state index is -1.05. The Morgan fingerprint density at radius 1 is 0.907 bits per heavy atom. The monoisotopic (exact) mass is 587 g/mol. The topological polar surface area (TPSA) is 102 Å². The molecule has 11 heteroatoms. The fourth-order valence-corrected chi connectivity index (χ4v) is 5.94. The number of nitrogens with zero attached hydrogens (tertiary/aromatic N) is 3. The smallest absolute Gasteiger partial charge is 0.264 e. The molecule has 6 rings (SSSR count). The lowest BCUT2D eigenvalue weighted by molar-refractivity contribution is -0.136. The van der Waals surface area contributed by atoms with Crippen LogP contribution >= 0.6 is 0 Å². The molecule has 222 valence electrons. The van der Waals surface area contributed by atoms with Crippen LogP contribution in [0.5, 0.6) is 0 Å². The number of fused-ring (bicyclic) bond motifs is 1. The minimum Gasteiger partial charge on any atom is -0.380 e. The van der Waals surface area contributed by atoms with Crippen LogP contribution in [-0.4, -0.2) is 65.6 Å². The molecule has 0 bridgehead atoms. The Labute approximate surface area is 247 Å². The highest BCUT2D eigenvalue weighted by atomic mass is 19.1. The summed E-state index contributed by atoms with van der Waals surface area (Å²) in [5.74, 6) is -2.87. The third kappa shape index (κ3) is 5.60. The van der Waals surface area contributed by atoms with Crippen LogP contribution in [0, 0.1) is 18.6 Å². The highest BCUT2D eigenvalue weighted by Crippen LogP contribution is 2.33. The summed E-state index contributed by atoms with van der Waals surface area (Å²) < 4.78 is 29.5. The zero-order valence-corrected chi connectivity index (χ0v) is 23.7. The predicted octanol–water partition coefficient (Wildman–Crippen LogP) is 3.61. The number of anilines is 2. The fraction of sp³-hybridized carbons (Fsp3) is 0.312. The van der Waals surface area contributed by atoms with E-state index in [1.54, 1.807) is 24.3 Å². The molecule has 3 aliphatic rings. The van der Waals surface area contributed by atoms with Crippen molar-refractivity contribution in [1.29, 1.82) is 0 Å². The lowest BCUT2D eigenvalue weighted by Crippen LogP contribution is -2.54. The summed E-state index contributed by atoms with van der Waals surface area (Å²) >= 11 is 0. The van der Waals surface area contributed by atoms with Gasteiger partial charge in [0.15, 0.2) is 0 Å². The molecule has 0 spiro atoms. The van der Waals surface area contributed by atoms with Gasteiger partial charge in [0.1, 0.15) is 17.7 Å². The lowest BCUT2D eigenvalue weighted by atomic mass is 10.0. The van der Waals surface area contributed by atoms with E-state index in [9.17, 15) is 23.6 Å². The molecule has 0 saturated carbocycles. The van der Waals surface area contributed by atoms with E-state index in [-0.39, 0.29) is 42.1 Å². The molecule has 3 aromatic carbocycles. The zero-order valence-electron chi connectivity index (χ0n) is 23.7. The summed E-state index contributed by atoms with van der Waals surface area (Å²) in [4.78, 5) is 55.3. The van der Waals surface area contributed by atoms with Gasteiger partial charge in [-0.2, -0.15) is 0 Å². The first kappa shape index (κ1) is 28.5. The summed E-state index contributed by atoms with van der Waals surface area (Å²) in [6.45, 7) is 5.14. The number of halogens is 2. The fourth-order valence-electron chi connectivity index (χ4n) is 5.94. The number of aryl methyl sites for hydroxylation is 1. The third-order valence-electron chi connectivity index (χ3n) is 8.28. The lowest BCUT2D eigenvalue weighted by Gasteiger charge is -2.36. The Kier molecular flexibility index (Phi) is 7.66. The molecular formula is C32H31F2N5O4. The summed E-state index contributed by atoms with van der Waals surface area (Å²) in [7, 11) is 0. The molecule has 9 nitrogen and oxygen atoms in total. The van der Waals surface area contributed by atoms with Crippen molar-refractivity contribution in [3.8, 4) is 0 Å². The Morgan fingerprint density at radius 3 is 2.42 bits per heavy atom. The second-order valence-electron chi connectivity index (χ2n) is 11.2. The maximum absolute atomic E-state index is 15.1. The van der Waals surface area contributed by atoms with Crippen molar-refractivity contribution in [1.82, 2.24) is 15.1 Å². The van der Waals surface area contributed by atoms with E-state index in [1.807, 2.05) is 24.0 Å². The summed E-state index contributed by atoms with van der Waals surface area (Å²) in [6, 6.07) is 14.0. The van der Waals surface area contributed by atoms with E-state index < -0.39 is 29.7 Å². The van der Waals surface area contributed by atoms with Gasteiger partial charge in [0.25, 0.3) is 11.8 Å². The van der Waals surface area contributed by atoms with Crippen LogP contribution in [0.2, 0.25) is 0 Å². The number of amides is 4. The van der Waals surface area contributed by atoms with Crippen LogP contribution in [-0.2, 0) is 22.7 Å². The molecule has 4 amide bonds. The molecule has 1 unspecified atom stereocenters. The van der Waals surface area contributed by atoms with Gasteiger partial charge in [0, 0.05) is 56.9 Å². The van der Waals surface area contributed by atoms with Crippen LogP contribution in [0.15, 0.2) is 54.6 Å². The summed E-state index contributed by atoms with van der Waals surface area (Å²) in [5.41, 5.74) is 3.40. The number of benzene rings is 3. The number of hydrogen-bond acceptors (Lipinski definition) is 7. The standard InChI is InChI=1S/C32H31F2N5O4/c1-19-5-8-26(24(34)15-19)38-13-11-37(12-14-38)18-21-7-6-20(16-23(21)33)17-35-25-4-2-3-22-29(25)32(43)39(31(22)42)27-9-10-28(40)36-30(27)41/h2-8,15-16,27,35H,9-14,17-18H2,1H3,(H,36,40,41). The van der Waals surface area contributed by atoms with E-state index >= 15 is 4.39 Å². The van der Waals surface area contributed by atoms with Gasteiger partial charge < -0.3 is 10.2 Å². The van der Waals surface area contributed by atoms with Crippen LogP contribution in [0.1, 0.15) is 50.2 Å². The Hall–Kier alpha value is -4.64. The quantitative estimate of drug-likeness (QED) is 0.408.